The van der Waals surface area contributed by atoms with Crippen molar-refractivity contribution in [3.63, 3.8) is 0 Å². The summed E-state index contributed by atoms with van der Waals surface area (Å²) in [5.41, 5.74) is 0.566. The molecular weight excluding hydrogens is 374 g/mol. The van der Waals surface area contributed by atoms with E-state index < -0.39 is 16.1 Å². The number of anilines is 1. The van der Waals surface area contributed by atoms with Crippen molar-refractivity contribution >= 4 is 54.2 Å². The summed E-state index contributed by atoms with van der Waals surface area (Å²) in [7, 11) is -1.89. The lowest BCUT2D eigenvalue weighted by atomic mass is 10.2. The second-order valence-corrected chi connectivity index (χ2v) is 8.81. The van der Waals surface area contributed by atoms with Crippen LogP contribution >= 0.6 is 22.9 Å². The van der Waals surface area contributed by atoms with E-state index in [4.69, 9.17) is 16.3 Å². The third kappa shape index (κ3) is 3.21. The van der Waals surface area contributed by atoms with E-state index in [0.29, 0.717) is 45.5 Å². The maximum absolute atomic E-state index is 12.5. The van der Waals surface area contributed by atoms with Gasteiger partial charge in [-0.3, -0.25) is 4.79 Å². The standard InChI is InChI=1S/C14H16ClN3O4S2/c1-22-10-6-5-8(15)12-11(10)16-14(23-12)17-13(19)9-4-3-7-18(9)24(2,20)21/h5-6,9H,3-4,7H2,1-2H3,(H,16,17,19). The number of amides is 1. The second kappa shape index (κ2) is 6.47. The van der Waals surface area contributed by atoms with Crippen LogP contribution in [0.25, 0.3) is 10.2 Å². The fourth-order valence-electron chi connectivity index (χ4n) is 2.76. The highest BCUT2D eigenvalue weighted by atomic mass is 35.5. The summed E-state index contributed by atoms with van der Waals surface area (Å²) in [6, 6.07) is 2.71. The van der Waals surface area contributed by atoms with Gasteiger partial charge in [-0.2, -0.15) is 4.31 Å². The van der Waals surface area contributed by atoms with Gasteiger partial charge in [0, 0.05) is 6.54 Å². The third-order valence-electron chi connectivity index (χ3n) is 3.84. The van der Waals surface area contributed by atoms with Crippen molar-refractivity contribution in [2.24, 2.45) is 0 Å². The normalized spacial score (nSPS) is 18.9. The van der Waals surface area contributed by atoms with Gasteiger partial charge in [-0.15, -0.1) is 0 Å². The van der Waals surface area contributed by atoms with Crippen molar-refractivity contribution < 1.29 is 17.9 Å². The highest BCUT2D eigenvalue weighted by molar-refractivity contribution is 7.88. The lowest BCUT2D eigenvalue weighted by Crippen LogP contribution is -2.42. The minimum atomic E-state index is -3.42. The van der Waals surface area contributed by atoms with Crippen molar-refractivity contribution in [3.8, 4) is 5.75 Å². The van der Waals surface area contributed by atoms with E-state index in [9.17, 15) is 13.2 Å². The Labute approximate surface area is 148 Å². The number of sulfonamides is 1. The summed E-state index contributed by atoms with van der Waals surface area (Å²) < 4.78 is 30.7. The summed E-state index contributed by atoms with van der Waals surface area (Å²) in [6.45, 7) is 0.358. The minimum Gasteiger partial charge on any atom is -0.494 e. The van der Waals surface area contributed by atoms with E-state index >= 15 is 0 Å². The molecule has 1 aliphatic rings. The van der Waals surface area contributed by atoms with Gasteiger partial charge in [0.15, 0.2) is 5.13 Å². The fraction of sp³-hybridized carbons (Fsp3) is 0.429. The molecule has 1 atom stereocenters. The number of ether oxygens (including phenoxy) is 1. The monoisotopic (exact) mass is 389 g/mol. The average Bonchev–Trinajstić information content (AvgIpc) is 3.13. The van der Waals surface area contributed by atoms with Crippen molar-refractivity contribution in [2.75, 3.05) is 25.2 Å². The molecule has 2 aromatic rings. The first kappa shape index (κ1) is 17.4. The van der Waals surface area contributed by atoms with Crippen LogP contribution in [-0.2, 0) is 14.8 Å². The Balaban J connectivity index is 1.87. The van der Waals surface area contributed by atoms with E-state index in [1.165, 1.54) is 22.8 Å². The molecule has 0 saturated carbocycles. The highest BCUT2D eigenvalue weighted by Crippen LogP contribution is 2.37. The molecule has 0 spiro atoms. The van der Waals surface area contributed by atoms with Crippen LogP contribution in [0.1, 0.15) is 12.8 Å². The van der Waals surface area contributed by atoms with E-state index in [2.05, 4.69) is 10.3 Å². The fourth-order valence-corrected chi connectivity index (χ4v) is 5.04. The third-order valence-corrected chi connectivity index (χ3v) is 6.56. The molecule has 10 heteroatoms. The number of benzene rings is 1. The van der Waals surface area contributed by atoms with Crippen LogP contribution in [0.2, 0.25) is 5.02 Å². The van der Waals surface area contributed by atoms with Crippen LogP contribution in [0.5, 0.6) is 5.75 Å². The number of methoxy groups -OCH3 is 1. The summed E-state index contributed by atoms with van der Waals surface area (Å²) in [6.07, 6.45) is 2.26. The van der Waals surface area contributed by atoms with Gasteiger partial charge < -0.3 is 10.1 Å². The summed E-state index contributed by atoms with van der Waals surface area (Å²) in [5, 5.41) is 3.58. The molecule has 1 N–H and O–H groups in total. The van der Waals surface area contributed by atoms with Crippen molar-refractivity contribution in [1.82, 2.24) is 9.29 Å². The van der Waals surface area contributed by atoms with Gasteiger partial charge in [-0.25, -0.2) is 13.4 Å². The zero-order chi connectivity index (χ0) is 17.5. The minimum absolute atomic E-state index is 0.358. The lowest BCUT2D eigenvalue weighted by molar-refractivity contribution is -0.119. The number of aromatic nitrogens is 1. The largest absolute Gasteiger partial charge is 0.494 e. The number of nitrogens with zero attached hydrogens (tertiary/aromatic N) is 2. The Kier molecular flexibility index (Phi) is 4.69. The van der Waals surface area contributed by atoms with Crippen LogP contribution < -0.4 is 10.1 Å². The SMILES string of the molecule is COc1ccc(Cl)c2sc(NC(=O)C3CCCN3S(C)(=O)=O)nc12. The summed E-state index contributed by atoms with van der Waals surface area (Å²) in [4.78, 5) is 16.8. The molecule has 1 unspecified atom stereocenters. The first-order chi connectivity index (χ1) is 11.3. The van der Waals surface area contributed by atoms with Gasteiger partial charge in [0.2, 0.25) is 15.9 Å². The van der Waals surface area contributed by atoms with E-state index in [-0.39, 0.29) is 5.91 Å². The van der Waals surface area contributed by atoms with Crippen molar-refractivity contribution in [1.29, 1.82) is 0 Å². The van der Waals surface area contributed by atoms with Gasteiger partial charge >= 0.3 is 0 Å². The number of hydrogen-bond acceptors (Lipinski definition) is 6. The maximum atomic E-state index is 12.5. The lowest BCUT2D eigenvalue weighted by Gasteiger charge is -2.20. The Morgan fingerprint density at radius 3 is 2.92 bits per heavy atom. The molecule has 1 aromatic heterocycles. The van der Waals surface area contributed by atoms with Gasteiger partial charge in [0.25, 0.3) is 0 Å². The molecule has 0 aliphatic carbocycles. The predicted molar refractivity (Wildman–Crippen MR) is 94.4 cm³/mol. The molecule has 0 radical (unpaired) electrons. The molecule has 7 nitrogen and oxygen atoms in total. The molecule has 1 saturated heterocycles. The zero-order valence-electron chi connectivity index (χ0n) is 13.1. The quantitative estimate of drug-likeness (QED) is 0.866. The first-order valence-electron chi connectivity index (χ1n) is 7.22. The van der Waals surface area contributed by atoms with Crippen LogP contribution in [0.4, 0.5) is 5.13 Å². The van der Waals surface area contributed by atoms with Gasteiger partial charge in [0.1, 0.15) is 17.3 Å². The van der Waals surface area contributed by atoms with Crippen LogP contribution in [0.15, 0.2) is 12.1 Å². The van der Waals surface area contributed by atoms with E-state index in [1.54, 1.807) is 12.1 Å². The molecule has 1 aromatic carbocycles. The number of fused-ring (bicyclic) bond motifs is 1. The number of rotatable bonds is 4. The Bertz CT molecular complexity index is 897. The smallest absolute Gasteiger partial charge is 0.244 e. The number of hydrogen-bond donors (Lipinski definition) is 1. The summed E-state index contributed by atoms with van der Waals surface area (Å²) in [5.74, 6) is 0.178. The second-order valence-electron chi connectivity index (χ2n) is 5.47. The molecule has 130 valence electrons. The van der Waals surface area contributed by atoms with E-state index in [0.717, 1.165) is 6.26 Å². The van der Waals surface area contributed by atoms with Crippen molar-refractivity contribution in [3.05, 3.63) is 17.2 Å². The first-order valence-corrected chi connectivity index (χ1v) is 10.3. The van der Waals surface area contributed by atoms with Crippen LogP contribution in [0.3, 0.4) is 0 Å². The Morgan fingerprint density at radius 1 is 1.50 bits per heavy atom. The molecule has 3 rings (SSSR count). The molecule has 0 bridgehead atoms. The molecule has 1 aliphatic heterocycles. The molecule has 1 fully saturated rings. The van der Waals surface area contributed by atoms with Crippen LogP contribution in [-0.4, -0.2) is 49.6 Å². The Morgan fingerprint density at radius 2 is 2.25 bits per heavy atom. The maximum Gasteiger partial charge on any atom is 0.244 e. The average molecular weight is 390 g/mol. The van der Waals surface area contributed by atoms with Crippen molar-refractivity contribution in [2.45, 2.75) is 18.9 Å². The number of nitrogens with one attached hydrogen (secondary N) is 1. The number of halogens is 1. The van der Waals surface area contributed by atoms with Gasteiger partial charge in [-0.1, -0.05) is 22.9 Å². The predicted octanol–water partition coefficient (Wildman–Crippen LogP) is 2.32. The molecule has 1 amide bonds. The number of thiazole rings is 1. The highest BCUT2D eigenvalue weighted by Gasteiger charge is 2.36. The van der Waals surface area contributed by atoms with Crippen LogP contribution in [0, 0.1) is 0 Å². The molecular formula is C14H16ClN3O4S2. The van der Waals surface area contributed by atoms with Gasteiger partial charge in [-0.05, 0) is 25.0 Å². The van der Waals surface area contributed by atoms with Gasteiger partial charge in [0.05, 0.1) is 23.1 Å². The number of carbonyl (C=O) groups excluding carboxylic acids is 1. The molecule has 24 heavy (non-hydrogen) atoms. The topological polar surface area (TPSA) is 88.6 Å². The van der Waals surface area contributed by atoms with E-state index in [1.807, 2.05) is 0 Å². The number of carbonyl (C=O) groups is 1. The summed E-state index contributed by atoms with van der Waals surface area (Å²) >= 11 is 7.39. The zero-order valence-corrected chi connectivity index (χ0v) is 15.5. The Hall–Kier alpha value is -1.42. The molecule has 2 heterocycles.